The summed E-state index contributed by atoms with van der Waals surface area (Å²) in [5, 5.41) is 0. The molecule has 0 N–H and O–H groups in total. The molecule has 23 heavy (non-hydrogen) atoms. The maximum absolute atomic E-state index is 12.8. The standard InChI is InChI=1S/C19H28N2O2/c1-13(2)11-20(14(3)4)19(23)16-10-18(22)21(12-16)17-8-6-15(5)7-9-17/h6-9,13-14,16H,10-12H2,1-5H3. The van der Waals surface area contributed by atoms with Crippen molar-refractivity contribution in [1.82, 2.24) is 4.90 Å². The van der Waals surface area contributed by atoms with Gasteiger partial charge in [-0.05, 0) is 38.8 Å². The highest BCUT2D eigenvalue weighted by molar-refractivity contribution is 6.00. The Bertz CT molecular complexity index is 563. The van der Waals surface area contributed by atoms with Crippen LogP contribution in [-0.2, 0) is 9.59 Å². The summed E-state index contributed by atoms with van der Waals surface area (Å²) in [6.45, 7) is 11.5. The number of amides is 2. The lowest BCUT2D eigenvalue weighted by Gasteiger charge is -2.30. The molecule has 126 valence electrons. The average molecular weight is 316 g/mol. The first-order valence-electron chi connectivity index (χ1n) is 8.47. The Morgan fingerprint density at radius 3 is 2.35 bits per heavy atom. The van der Waals surface area contributed by atoms with E-state index in [0.717, 1.165) is 17.8 Å². The van der Waals surface area contributed by atoms with Crippen molar-refractivity contribution in [2.75, 3.05) is 18.0 Å². The van der Waals surface area contributed by atoms with Crippen LogP contribution < -0.4 is 4.90 Å². The van der Waals surface area contributed by atoms with Crippen molar-refractivity contribution in [3.63, 3.8) is 0 Å². The summed E-state index contributed by atoms with van der Waals surface area (Å²) in [6, 6.07) is 8.06. The first-order chi connectivity index (χ1) is 10.8. The Morgan fingerprint density at radius 1 is 1.22 bits per heavy atom. The minimum Gasteiger partial charge on any atom is -0.340 e. The van der Waals surface area contributed by atoms with Crippen LogP contribution in [0.4, 0.5) is 5.69 Å². The first kappa shape index (κ1) is 17.5. The van der Waals surface area contributed by atoms with E-state index in [1.807, 2.05) is 49.9 Å². The highest BCUT2D eigenvalue weighted by Crippen LogP contribution is 2.27. The molecule has 0 aliphatic carbocycles. The number of nitrogens with zero attached hydrogens (tertiary/aromatic N) is 2. The molecule has 0 aromatic heterocycles. The van der Waals surface area contributed by atoms with E-state index in [1.165, 1.54) is 0 Å². The number of hydrogen-bond acceptors (Lipinski definition) is 2. The van der Waals surface area contributed by atoms with Crippen LogP contribution in [0.3, 0.4) is 0 Å². The van der Waals surface area contributed by atoms with E-state index >= 15 is 0 Å². The fourth-order valence-electron chi connectivity index (χ4n) is 3.03. The van der Waals surface area contributed by atoms with Crippen LogP contribution in [0.25, 0.3) is 0 Å². The molecule has 2 rings (SSSR count). The SMILES string of the molecule is Cc1ccc(N2CC(C(=O)N(CC(C)C)C(C)C)CC2=O)cc1. The molecule has 2 amide bonds. The monoisotopic (exact) mass is 316 g/mol. The van der Waals surface area contributed by atoms with Gasteiger partial charge < -0.3 is 9.80 Å². The smallest absolute Gasteiger partial charge is 0.228 e. The summed E-state index contributed by atoms with van der Waals surface area (Å²) in [7, 11) is 0. The predicted molar refractivity (Wildman–Crippen MR) is 93.3 cm³/mol. The molecule has 1 saturated heterocycles. The Labute approximate surface area is 139 Å². The van der Waals surface area contributed by atoms with Crippen LogP contribution in [-0.4, -0.2) is 35.8 Å². The quantitative estimate of drug-likeness (QED) is 0.837. The number of carbonyl (C=O) groups excluding carboxylic acids is 2. The molecule has 1 aliphatic rings. The normalized spacial score (nSPS) is 18.1. The van der Waals surface area contributed by atoms with Crippen molar-refractivity contribution >= 4 is 17.5 Å². The largest absolute Gasteiger partial charge is 0.340 e. The Balaban J connectivity index is 2.11. The van der Waals surface area contributed by atoms with Gasteiger partial charge >= 0.3 is 0 Å². The third-order valence-electron chi connectivity index (χ3n) is 4.29. The third-order valence-corrected chi connectivity index (χ3v) is 4.29. The van der Waals surface area contributed by atoms with Gasteiger partial charge in [-0.3, -0.25) is 9.59 Å². The molecule has 1 aromatic rings. The summed E-state index contributed by atoms with van der Waals surface area (Å²) in [5.74, 6) is 0.341. The van der Waals surface area contributed by atoms with Crippen molar-refractivity contribution in [2.45, 2.75) is 47.1 Å². The molecule has 0 bridgehead atoms. The van der Waals surface area contributed by atoms with Gasteiger partial charge in [-0.2, -0.15) is 0 Å². The zero-order chi connectivity index (χ0) is 17.1. The minimum atomic E-state index is -0.232. The van der Waals surface area contributed by atoms with E-state index in [0.29, 0.717) is 18.9 Å². The van der Waals surface area contributed by atoms with Gasteiger partial charge in [0.25, 0.3) is 0 Å². The zero-order valence-electron chi connectivity index (χ0n) is 14.9. The van der Waals surface area contributed by atoms with E-state index in [4.69, 9.17) is 0 Å². The number of aryl methyl sites for hydroxylation is 1. The second kappa shape index (κ2) is 7.16. The molecular formula is C19H28N2O2. The third kappa shape index (κ3) is 4.12. The van der Waals surface area contributed by atoms with E-state index in [9.17, 15) is 9.59 Å². The van der Waals surface area contributed by atoms with Gasteiger partial charge in [-0.1, -0.05) is 31.5 Å². The molecule has 1 aliphatic heterocycles. The van der Waals surface area contributed by atoms with Gasteiger partial charge in [0, 0.05) is 31.2 Å². The minimum absolute atomic E-state index is 0.0421. The van der Waals surface area contributed by atoms with E-state index in [2.05, 4.69) is 13.8 Å². The van der Waals surface area contributed by atoms with Crippen LogP contribution in [0.1, 0.15) is 39.7 Å². The molecule has 0 radical (unpaired) electrons. The second-order valence-corrected chi connectivity index (χ2v) is 7.22. The van der Waals surface area contributed by atoms with Gasteiger partial charge in [-0.15, -0.1) is 0 Å². The van der Waals surface area contributed by atoms with Gasteiger partial charge in [-0.25, -0.2) is 0 Å². The summed E-state index contributed by atoms with van der Waals surface area (Å²) >= 11 is 0. The van der Waals surface area contributed by atoms with Gasteiger partial charge in [0.2, 0.25) is 11.8 Å². The fourth-order valence-corrected chi connectivity index (χ4v) is 3.03. The number of anilines is 1. The van der Waals surface area contributed by atoms with Crippen molar-refractivity contribution < 1.29 is 9.59 Å². The van der Waals surface area contributed by atoms with Crippen LogP contribution >= 0.6 is 0 Å². The maximum Gasteiger partial charge on any atom is 0.228 e. The molecule has 0 saturated carbocycles. The summed E-state index contributed by atoms with van der Waals surface area (Å²) < 4.78 is 0. The molecule has 4 heteroatoms. The Hall–Kier alpha value is -1.84. The van der Waals surface area contributed by atoms with Crippen LogP contribution in [0.15, 0.2) is 24.3 Å². The summed E-state index contributed by atoms with van der Waals surface area (Å²) in [6.07, 6.45) is 0.314. The fraction of sp³-hybridized carbons (Fsp3) is 0.579. The maximum atomic E-state index is 12.8. The zero-order valence-corrected chi connectivity index (χ0v) is 14.9. The molecule has 4 nitrogen and oxygen atoms in total. The van der Waals surface area contributed by atoms with Crippen molar-refractivity contribution in [3.05, 3.63) is 29.8 Å². The lowest BCUT2D eigenvalue weighted by atomic mass is 10.0. The topological polar surface area (TPSA) is 40.6 Å². The predicted octanol–water partition coefficient (Wildman–Crippen LogP) is 3.24. The summed E-state index contributed by atoms with van der Waals surface area (Å²) in [4.78, 5) is 28.9. The number of hydrogen-bond donors (Lipinski definition) is 0. The first-order valence-corrected chi connectivity index (χ1v) is 8.47. The van der Waals surface area contributed by atoms with E-state index in [-0.39, 0.29) is 23.8 Å². The lowest BCUT2D eigenvalue weighted by Crippen LogP contribution is -2.43. The number of benzene rings is 1. The highest BCUT2D eigenvalue weighted by atomic mass is 16.2. The molecule has 1 fully saturated rings. The summed E-state index contributed by atoms with van der Waals surface area (Å²) in [5.41, 5.74) is 2.05. The number of carbonyl (C=O) groups is 2. The second-order valence-electron chi connectivity index (χ2n) is 7.22. The van der Waals surface area contributed by atoms with Crippen LogP contribution in [0.5, 0.6) is 0 Å². The van der Waals surface area contributed by atoms with Crippen LogP contribution in [0, 0.1) is 18.8 Å². The molecule has 1 atom stereocenters. The van der Waals surface area contributed by atoms with Crippen molar-refractivity contribution in [3.8, 4) is 0 Å². The number of rotatable bonds is 5. The van der Waals surface area contributed by atoms with Gasteiger partial charge in [0.1, 0.15) is 0 Å². The molecule has 1 heterocycles. The molecule has 1 aromatic carbocycles. The molecule has 0 spiro atoms. The lowest BCUT2D eigenvalue weighted by molar-refractivity contribution is -0.138. The van der Waals surface area contributed by atoms with E-state index in [1.54, 1.807) is 4.90 Å². The molecule has 1 unspecified atom stereocenters. The molecular weight excluding hydrogens is 288 g/mol. The average Bonchev–Trinajstić information content (AvgIpc) is 2.86. The van der Waals surface area contributed by atoms with E-state index < -0.39 is 0 Å². The van der Waals surface area contributed by atoms with Crippen LogP contribution in [0.2, 0.25) is 0 Å². The van der Waals surface area contributed by atoms with Crippen molar-refractivity contribution in [1.29, 1.82) is 0 Å². The highest BCUT2D eigenvalue weighted by Gasteiger charge is 2.37. The Kier molecular flexibility index (Phi) is 5.45. The van der Waals surface area contributed by atoms with Crippen molar-refractivity contribution in [2.24, 2.45) is 11.8 Å². The van der Waals surface area contributed by atoms with Gasteiger partial charge in [0.15, 0.2) is 0 Å². The Morgan fingerprint density at radius 2 is 1.83 bits per heavy atom. The van der Waals surface area contributed by atoms with Gasteiger partial charge in [0.05, 0.1) is 5.92 Å².